The lowest BCUT2D eigenvalue weighted by molar-refractivity contribution is -0.134. The van der Waals surface area contributed by atoms with Crippen molar-refractivity contribution in [2.45, 2.75) is 17.6 Å². The van der Waals surface area contributed by atoms with E-state index in [1.807, 2.05) is 22.8 Å². The molecule has 1 amide bonds. The van der Waals surface area contributed by atoms with E-state index in [0.717, 1.165) is 15.5 Å². The zero-order chi connectivity index (χ0) is 15.0. The Hall–Kier alpha value is -1.54. The van der Waals surface area contributed by atoms with Crippen LogP contribution in [0.4, 0.5) is 0 Å². The molecule has 1 unspecified atom stereocenters. The fourth-order valence-electron chi connectivity index (χ4n) is 2.40. The molecule has 8 heteroatoms. The SMILES string of the molecule is O=C(O)CSc1nc2cc(Br)ccc2n1C1CNC(=O)C1. The van der Waals surface area contributed by atoms with Gasteiger partial charge in [-0.1, -0.05) is 27.7 Å². The van der Waals surface area contributed by atoms with Crippen molar-refractivity contribution in [3.63, 3.8) is 0 Å². The molecule has 2 N–H and O–H groups in total. The smallest absolute Gasteiger partial charge is 0.313 e. The third-order valence-corrected chi connectivity index (χ3v) is 4.70. The van der Waals surface area contributed by atoms with E-state index in [2.05, 4.69) is 26.2 Å². The molecule has 1 fully saturated rings. The van der Waals surface area contributed by atoms with E-state index in [1.54, 1.807) is 0 Å². The molecule has 1 aromatic heterocycles. The predicted octanol–water partition coefficient (Wildman–Crippen LogP) is 2.04. The Kier molecular flexibility index (Phi) is 3.90. The number of carbonyl (C=O) groups excluding carboxylic acids is 1. The molecule has 110 valence electrons. The number of aliphatic carboxylic acids is 1. The lowest BCUT2D eigenvalue weighted by Gasteiger charge is -2.14. The van der Waals surface area contributed by atoms with E-state index in [4.69, 9.17) is 5.11 Å². The fraction of sp³-hybridized carbons (Fsp3) is 0.308. The topological polar surface area (TPSA) is 84.2 Å². The molecular weight excluding hydrogens is 358 g/mol. The van der Waals surface area contributed by atoms with Crippen molar-refractivity contribution >= 4 is 50.6 Å². The number of rotatable bonds is 4. The first kappa shape index (κ1) is 14.4. The van der Waals surface area contributed by atoms with Crippen LogP contribution in [0.2, 0.25) is 0 Å². The number of nitrogens with one attached hydrogen (secondary N) is 1. The van der Waals surface area contributed by atoms with Gasteiger partial charge >= 0.3 is 5.97 Å². The van der Waals surface area contributed by atoms with Crippen LogP contribution in [0.5, 0.6) is 0 Å². The van der Waals surface area contributed by atoms with Crippen LogP contribution in [0.1, 0.15) is 12.5 Å². The fourth-order valence-corrected chi connectivity index (χ4v) is 3.55. The maximum atomic E-state index is 11.5. The first-order valence-electron chi connectivity index (χ1n) is 6.33. The van der Waals surface area contributed by atoms with Gasteiger partial charge in [-0.25, -0.2) is 4.98 Å². The van der Waals surface area contributed by atoms with Crippen LogP contribution >= 0.6 is 27.7 Å². The number of carboxylic acid groups (broad SMARTS) is 1. The minimum absolute atomic E-state index is 0.00754. The van der Waals surface area contributed by atoms with Crippen molar-refractivity contribution in [2.75, 3.05) is 12.3 Å². The first-order valence-corrected chi connectivity index (χ1v) is 8.11. The number of benzene rings is 1. The van der Waals surface area contributed by atoms with E-state index >= 15 is 0 Å². The average molecular weight is 370 g/mol. The van der Waals surface area contributed by atoms with Gasteiger partial charge in [-0.3, -0.25) is 9.59 Å². The van der Waals surface area contributed by atoms with Crippen LogP contribution in [0.3, 0.4) is 0 Å². The molecule has 6 nitrogen and oxygen atoms in total. The Bertz CT molecular complexity index is 731. The summed E-state index contributed by atoms with van der Waals surface area (Å²) in [7, 11) is 0. The highest BCUT2D eigenvalue weighted by Crippen LogP contribution is 2.31. The number of carbonyl (C=O) groups is 2. The van der Waals surface area contributed by atoms with Gasteiger partial charge in [0.2, 0.25) is 5.91 Å². The summed E-state index contributed by atoms with van der Waals surface area (Å²) in [4.78, 5) is 26.8. The Morgan fingerprint density at radius 2 is 2.38 bits per heavy atom. The van der Waals surface area contributed by atoms with Crippen LogP contribution in [0, 0.1) is 0 Å². The van der Waals surface area contributed by atoms with Crippen molar-refractivity contribution < 1.29 is 14.7 Å². The number of amides is 1. The lowest BCUT2D eigenvalue weighted by Crippen LogP contribution is -2.16. The maximum Gasteiger partial charge on any atom is 0.313 e. The molecule has 0 saturated carbocycles. The van der Waals surface area contributed by atoms with Crippen LogP contribution < -0.4 is 5.32 Å². The Morgan fingerprint density at radius 1 is 1.57 bits per heavy atom. The molecule has 1 atom stereocenters. The molecular formula is C13H12BrN3O3S. The molecule has 1 aliphatic heterocycles. The molecule has 2 heterocycles. The minimum atomic E-state index is -0.889. The van der Waals surface area contributed by atoms with Gasteiger partial charge in [0.05, 0.1) is 22.8 Å². The van der Waals surface area contributed by atoms with E-state index in [9.17, 15) is 9.59 Å². The summed E-state index contributed by atoms with van der Waals surface area (Å²) in [5, 5.41) is 12.3. The largest absolute Gasteiger partial charge is 0.481 e. The molecule has 3 rings (SSSR count). The van der Waals surface area contributed by atoms with Gasteiger partial charge < -0.3 is 15.0 Å². The molecule has 0 aliphatic carbocycles. The van der Waals surface area contributed by atoms with Crippen LogP contribution in [0.25, 0.3) is 11.0 Å². The van der Waals surface area contributed by atoms with Gasteiger partial charge in [-0.15, -0.1) is 0 Å². The highest BCUT2D eigenvalue weighted by atomic mass is 79.9. The van der Waals surface area contributed by atoms with E-state index in [1.165, 1.54) is 11.8 Å². The number of hydrogen-bond donors (Lipinski definition) is 2. The highest BCUT2D eigenvalue weighted by molar-refractivity contribution is 9.10. The van der Waals surface area contributed by atoms with E-state index in [0.29, 0.717) is 18.1 Å². The number of hydrogen-bond acceptors (Lipinski definition) is 4. The number of nitrogens with zero attached hydrogens (tertiary/aromatic N) is 2. The van der Waals surface area contributed by atoms with Gasteiger partial charge in [-0.2, -0.15) is 0 Å². The minimum Gasteiger partial charge on any atom is -0.481 e. The number of imidazole rings is 1. The molecule has 1 aromatic carbocycles. The molecule has 2 aromatic rings. The van der Waals surface area contributed by atoms with Crippen LogP contribution in [-0.4, -0.2) is 38.8 Å². The number of halogens is 1. The summed E-state index contributed by atoms with van der Waals surface area (Å²) >= 11 is 4.58. The lowest BCUT2D eigenvalue weighted by atomic mass is 10.2. The quantitative estimate of drug-likeness (QED) is 0.805. The Balaban J connectivity index is 2.06. The summed E-state index contributed by atoms with van der Waals surface area (Å²) in [6, 6.07) is 5.71. The van der Waals surface area contributed by atoms with Crippen molar-refractivity contribution in [3.8, 4) is 0 Å². The monoisotopic (exact) mass is 369 g/mol. The second kappa shape index (κ2) is 5.69. The summed E-state index contributed by atoms with van der Waals surface area (Å²) in [5.41, 5.74) is 1.70. The highest BCUT2D eigenvalue weighted by Gasteiger charge is 2.27. The number of aromatic nitrogens is 2. The molecule has 0 bridgehead atoms. The van der Waals surface area contributed by atoms with Crippen molar-refractivity contribution in [3.05, 3.63) is 22.7 Å². The van der Waals surface area contributed by atoms with Crippen LogP contribution in [-0.2, 0) is 9.59 Å². The van der Waals surface area contributed by atoms with E-state index in [-0.39, 0.29) is 17.7 Å². The zero-order valence-corrected chi connectivity index (χ0v) is 13.3. The Labute approximate surface area is 133 Å². The summed E-state index contributed by atoms with van der Waals surface area (Å²) in [6.07, 6.45) is 0.391. The molecule has 1 saturated heterocycles. The number of carboxylic acids is 1. The molecule has 1 aliphatic rings. The second-order valence-corrected chi connectivity index (χ2v) is 6.60. The van der Waals surface area contributed by atoms with Gasteiger partial charge in [0.15, 0.2) is 5.16 Å². The van der Waals surface area contributed by atoms with Gasteiger partial charge in [0, 0.05) is 17.4 Å². The van der Waals surface area contributed by atoms with Gasteiger partial charge in [-0.05, 0) is 18.2 Å². The maximum absolute atomic E-state index is 11.5. The third-order valence-electron chi connectivity index (χ3n) is 3.26. The first-order chi connectivity index (χ1) is 10.0. The van der Waals surface area contributed by atoms with Crippen molar-refractivity contribution in [1.29, 1.82) is 0 Å². The van der Waals surface area contributed by atoms with Crippen molar-refractivity contribution in [2.24, 2.45) is 0 Å². The Morgan fingerprint density at radius 3 is 3.05 bits per heavy atom. The summed E-state index contributed by atoms with van der Waals surface area (Å²) in [5.74, 6) is -0.938. The standard InChI is InChI=1S/C13H12BrN3O3S/c14-7-1-2-10-9(3-7)16-13(21-6-12(19)20)17(10)8-4-11(18)15-5-8/h1-3,8H,4-6H2,(H,15,18)(H,19,20). The normalized spacial score (nSPS) is 18.1. The average Bonchev–Trinajstić information content (AvgIpc) is 2.98. The third kappa shape index (κ3) is 2.91. The second-order valence-electron chi connectivity index (χ2n) is 4.74. The van der Waals surface area contributed by atoms with E-state index < -0.39 is 5.97 Å². The summed E-state index contributed by atoms with van der Waals surface area (Å²) < 4.78 is 2.88. The number of thioether (sulfide) groups is 1. The summed E-state index contributed by atoms with van der Waals surface area (Å²) in [6.45, 7) is 0.543. The predicted molar refractivity (Wildman–Crippen MR) is 82.5 cm³/mol. The van der Waals surface area contributed by atoms with Crippen molar-refractivity contribution in [1.82, 2.24) is 14.9 Å². The van der Waals surface area contributed by atoms with Gasteiger partial charge in [0.1, 0.15) is 0 Å². The van der Waals surface area contributed by atoms with Gasteiger partial charge in [0.25, 0.3) is 0 Å². The molecule has 0 spiro atoms. The molecule has 21 heavy (non-hydrogen) atoms. The zero-order valence-electron chi connectivity index (χ0n) is 10.9. The van der Waals surface area contributed by atoms with Crippen LogP contribution in [0.15, 0.2) is 27.8 Å². The molecule has 0 radical (unpaired) electrons. The number of fused-ring (bicyclic) bond motifs is 1.